The van der Waals surface area contributed by atoms with E-state index in [0.29, 0.717) is 11.1 Å². The van der Waals surface area contributed by atoms with Crippen molar-refractivity contribution in [2.45, 2.75) is 12.0 Å². The molecule has 0 saturated carbocycles. The van der Waals surface area contributed by atoms with Crippen molar-refractivity contribution in [2.24, 2.45) is 0 Å². The van der Waals surface area contributed by atoms with Gasteiger partial charge in [0.05, 0.1) is 11.6 Å². The summed E-state index contributed by atoms with van der Waals surface area (Å²) in [6, 6.07) is 17.9. The number of nitrogens with zero attached hydrogens (tertiary/aromatic N) is 3. The lowest BCUT2D eigenvalue weighted by Crippen LogP contribution is -2.67. The first kappa shape index (κ1) is 19.3. The summed E-state index contributed by atoms with van der Waals surface area (Å²) in [6.45, 7) is -0.991. The van der Waals surface area contributed by atoms with E-state index in [-0.39, 0.29) is 12.1 Å². The minimum atomic E-state index is -1.60. The van der Waals surface area contributed by atoms with Crippen LogP contribution in [0.15, 0.2) is 60.3 Å². The molecule has 142 valence electrons. The minimum Gasteiger partial charge on any atom is -0.323 e. The largest absolute Gasteiger partial charge is 0.323 e. The van der Waals surface area contributed by atoms with Crippen molar-refractivity contribution in [1.29, 1.82) is 5.26 Å². The predicted octanol–water partition coefficient (Wildman–Crippen LogP) is 2.78. The molecule has 28 heavy (non-hydrogen) atoms. The molecule has 2 amide bonds. The van der Waals surface area contributed by atoms with Gasteiger partial charge in [-0.05, 0) is 23.3 Å². The summed E-state index contributed by atoms with van der Waals surface area (Å²) in [5.74, 6) is -0.968. The fourth-order valence-electron chi connectivity index (χ4n) is 3.43. The van der Waals surface area contributed by atoms with E-state index >= 15 is 0 Å². The zero-order valence-electron chi connectivity index (χ0n) is 15.7. The Labute approximate surface area is 163 Å². The van der Waals surface area contributed by atoms with Gasteiger partial charge in [0.1, 0.15) is 12.4 Å². The summed E-state index contributed by atoms with van der Waals surface area (Å²) < 4.78 is 14.2. The monoisotopic (exact) mass is 377 g/mol. The highest BCUT2D eigenvalue weighted by Crippen LogP contribution is 2.32. The normalized spacial score (nSPS) is 21.1. The van der Waals surface area contributed by atoms with Gasteiger partial charge >= 0.3 is 0 Å². The van der Waals surface area contributed by atoms with Gasteiger partial charge in [-0.1, -0.05) is 48.5 Å². The Morgan fingerprint density at radius 3 is 2.36 bits per heavy atom. The lowest BCUT2D eigenvalue weighted by atomic mass is 9.86. The van der Waals surface area contributed by atoms with Crippen LogP contribution in [-0.4, -0.2) is 47.9 Å². The zero-order chi connectivity index (χ0) is 20.3. The Hall–Kier alpha value is -3.46. The molecule has 1 aliphatic heterocycles. The van der Waals surface area contributed by atoms with E-state index in [4.69, 9.17) is 0 Å². The van der Waals surface area contributed by atoms with E-state index in [9.17, 15) is 19.2 Å². The minimum absolute atomic E-state index is 0.0812. The SMILES string of the molecule is CN1C(=O)C(CF)(Cc2ccccc2)N(C)C(=O)/C1=C/c1ccccc1C#N. The van der Waals surface area contributed by atoms with Gasteiger partial charge in [0.15, 0.2) is 5.54 Å². The predicted molar refractivity (Wildman–Crippen MR) is 104 cm³/mol. The number of hydrogen-bond donors (Lipinski definition) is 0. The van der Waals surface area contributed by atoms with Crippen LogP contribution >= 0.6 is 0 Å². The van der Waals surface area contributed by atoms with Crippen LogP contribution in [0, 0.1) is 11.3 Å². The lowest BCUT2D eigenvalue weighted by Gasteiger charge is -2.46. The number of carbonyl (C=O) groups is 2. The summed E-state index contributed by atoms with van der Waals surface area (Å²) in [6.07, 6.45) is 1.58. The Bertz CT molecular complexity index is 981. The molecule has 0 aromatic heterocycles. The molecule has 1 fully saturated rings. The van der Waals surface area contributed by atoms with Gasteiger partial charge in [-0.3, -0.25) is 9.59 Å². The Morgan fingerprint density at radius 1 is 1.07 bits per heavy atom. The number of piperazine rings is 1. The molecular formula is C22H20FN3O2. The highest BCUT2D eigenvalue weighted by atomic mass is 19.1. The van der Waals surface area contributed by atoms with E-state index < -0.39 is 24.0 Å². The van der Waals surface area contributed by atoms with Crippen LogP contribution in [0.4, 0.5) is 4.39 Å². The third-order valence-electron chi connectivity index (χ3n) is 5.16. The van der Waals surface area contributed by atoms with Crippen molar-refractivity contribution < 1.29 is 14.0 Å². The van der Waals surface area contributed by atoms with Crippen LogP contribution < -0.4 is 0 Å². The first-order valence-electron chi connectivity index (χ1n) is 8.81. The highest BCUT2D eigenvalue weighted by molar-refractivity contribution is 6.09. The van der Waals surface area contributed by atoms with Gasteiger partial charge in [0, 0.05) is 20.5 Å². The molecule has 0 spiro atoms. The smallest absolute Gasteiger partial charge is 0.271 e. The van der Waals surface area contributed by atoms with E-state index in [2.05, 4.69) is 6.07 Å². The van der Waals surface area contributed by atoms with Gasteiger partial charge in [-0.15, -0.1) is 0 Å². The quantitative estimate of drug-likeness (QED) is 0.770. The molecule has 1 unspecified atom stereocenters. The molecular weight excluding hydrogens is 357 g/mol. The van der Waals surface area contributed by atoms with Crippen LogP contribution in [-0.2, 0) is 16.0 Å². The maximum absolute atomic E-state index is 14.2. The van der Waals surface area contributed by atoms with E-state index in [0.717, 1.165) is 5.56 Å². The summed E-state index contributed by atoms with van der Waals surface area (Å²) >= 11 is 0. The molecule has 5 nitrogen and oxygen atoms in total. The van der Waals surface area contributed by atoms with E-state index in [1.54, 1.807) is 36.4 Å². The first-order valence-corrected chi connectivity index (χ1v) is 8.81. The van der Waals surface area contributed by atoms with Crippen molar-refractivity contribution in [2.75, 3.05) is 20.8 Å². The molecule has 0 aliphatic carbocycles. The van der Waals surface area contributed by atoms with Crippen molar-refractivity contribution in [3.63, 3.8) is 0 Å². The molecule has 6 heteroatoms. The van der Waals surface area contributed by atoms with Gasteiger partial charge in [0.2, 0.25) is 0 Å². The molecule has 2 aromatic carbocycles. The second-order valence-electron chi connectivity index (χ2n) is 6.78. The molecule has 0 N–H and O–H groups in total. The number of halogens is 1. The summed E-state index contributed by atoms with van der Waals surface area (Å²) in [4.78, 5) is 28.6. The summed E-state index contributed by atoms with van der Waals surface area (Å²) in [7, 11) is 2.91. The average molecular weight is 377 g/mol. The topological polar surface area (TPSA) is 64.4 Å². The number of benzene rings is 2. The Balaban J connectivity index is 2.04. The van der Waals surface area contributed by atoms with Crippen molar-refractivity contribution >= 4 is 17.9 Å². The molecule has 1 atom stereocenters. The summed E-state index contributed by atoms with van der Waals surface area (Å²) in [5.41, 5.74) is 0.186. The van der Waals surface area contributed by atoms with Crippen LogP contribution in [0.2, 0.25) is 0 Å². The highest BCUT2D eigenvalue weighted by Gasteiger charge is 2.52. The molecule has 0 radical (unpaired) electrons. The lowest BCUT2D eigenvalue weighted by molar-refractivity contribution is -0.158. The second kappa shape index (κ2) is 7.65. The molecule has 2 aromatic rings. The Kier molecular flexibility index (Phi) is 5.27. The fourth-order valence-corrected chi connectivity index (χ4v) is 3.43. The van der Waals surface area contributed by atoms with Crippen molar-refractivity contribution in [3.8, 4) is 6.07 Å². The third kappa shape index (κ3) is 3.16. The third-order valence-corrected chi connectivity index (χ3v) is 5.16. The standard InChI is InChI=1S/C22H20FN3O2/c1-25-19(12-17-10-6-7-11-18(17)14-24)20(27)26(2)22(15-23,21(25)28)13-16-8-4-3-5-9-16/h3-12H,13,15H2,1-2H3/b19-12-. The number of likely N-dealkylation sites (N-methyl/N-ethyl adjacent to an activating group) is 2. The fraction of sp³-hybridized carbons (Fsp3) is 0.227. The van der Waals surface area contributed by atoms with Crippen molar-refractivity contribution in [3.05, 3.63) is 77.0 Å². The maximum Gasteiger partial charge on any atom is 0.271 e. The number of alkyl halides is 1. The molecule has 0 bridgehead atoms. The molecule has 1 heterocycles. The van der Waals surface area contributed by atoms with E-state index in [1.165, 1.54) is 30.0 Å². The van der Waals surface area contributed by atoms with E-state index in [1.807, 2.05) is 18.2 Å². The zero-order valence-corrected chi connectivity index (χ0v) is 15.7. The molecule has 1 aliphatic rings. The number of nitriles is 1. The van der Waals surface area contributed by atoms with Gasteiger partial charge in [-0.2, -0.15) is 5.26 Å². The van der Waals surface area contributed by atoms with Gasteiger partial charge in [0.25, 0.3) is 11.8 Å². The number of rotatable bonds is 4. The van der Waals surface area contributed by atoms with Crippen LogP contribution in [0.25, 0.3) is 6.08 Å². The number of hydrogen-bond acceptors (Lipinski definition) is 3. The molecule has 1 saturated heterocycles. The first-order chi connectivity index (χ1) is 13.4. The Morgan fingerprint density at radius 2 is 1.71 bits per heavy atom. The summed E-state index contributed by atoms with van der Waals surface area (Å²) in [5, 5.41) is 9.26. The van der Waals surface area contributed by atoms with Crippen LogP contribution in [0.5, 0.6) is 0 Å². The van der Waals surface area contributed by atoms with Crippen molar-refractivity contribution in [1.82, 2.24) is 9.80 Å². The number of amides is 2. The van der Waals surface area contributed by atoms with Gasteiger partial charge in [-0.25, -0.2) is 4.39 Å². The second-order valence-corrected chi connectivity index (χ2v) is 6.78. The average Bonchev–Trinajstić information content (AvgIpc) is 2.74. The van der Waals surface area contributed by atoms with Crippen LogP contribution in [0.3, 0.4) is 0 Å². The van der Waals surface area contributed by atoms with Gasteiger partial charge < -0.3 is 9.80 Å². The maximum atomic E-state index is 14.2. The molecule has 3 rings (SSSR count). The van der Waals surface area contributed by atoms with Crippen LogP contribution in [0.1, 0.15) is 16.7 Å². The number of carbonyl (C=O) groups excluding carboxylic acids is 2.